The molecule has 21 heavy (non-hydrogen) atoms. The first kappa shape index (κ1) is 14.8. The molecule has 0 radical (unpaired) electrons. The Balaban J connectivity index is 1.53. The van der Waals surface area contributed by atoms with Gasteiger partial charge in [0.25, 0.3) is 0 Å². The Labute approximate surface area is 127 Å². The lowest BCUT2D eigenvalue weighted by molar-refractivity contribution is 0.104. The third-order valence-electron chi connectivity index (χ3n) is 5.15. The van der Waals surface area contributed by atoms with Crippen LogP contribution in [0.5, 0.6) is 0 Å². The Kier molecular flexibility index (Phi) is 4.76. The molecule has 0 aromatic carbocycles. The molecule has 4 heteroatoms. The van der Waals surface area contributed by atoms with E-state index in [0.29, 0.717) is 6.04 Å². The number of nitrogens with one attached hydrogen (secondary N) is 1. The molecule has 3 rings (SSSR count). The SMILES string of the molecule is OCC1(NC2CCN(c3ccncc3)CC2)CCCCC1. The number of rotatable bonds is 4. The summed E-state index contributed by atoms with van der Waals surface area (Å²) >= 11 is 0. The summed E-state index contributed by atoms with van der Waals surface area (Å²) in [6.07, 6.45) is 12.1. The van der Waals surface area contributed by atoms with Crippen molar-refractivity contribution in [1.82, 2.24) is 10.3 Å². The summed E-state index contributed by atoms with van der Waals surface area (Å²) in [5, 5.41) is 13.6. The first-order valence-electron chi connectivity index (χ1n) is 8.35. The lowest BCUT2D eigenvalue weighted by Crippen LogP contribution is -2.56. The summed E-state index contributed by atoms with van der Waals surface area (Å²) in [6, 6.07) is 4.72. The molecular formula is C17H27N3O. The molecule has 0 unspecified atom stereocenters. The van der Waals surface area contributed by atoms with Crippen LogP contribution in [0.2, 0.25) is 0 Å². The van der Waals surface area contributed by atoms with E-state index in [1.165, 1.54) is 24.9 Å². The zero-order valence-electron chi connectivity index (χ0n) is 12.8. The van der Waals surface area contributed by atoms with Crippen molar-refractivity contribution >= 4 is 5.69 Å². The van der Waals surface area contributed by atoms with Gasteiger partial charge in [-0.15, -0.1) is 0 Å². The minimum Gasteiger partial charge on any atom is -0.394 e. The molecule has 1 aromatic rings. The molecular weight excluding hydrogens is 262 g/mol. The molecule has 1 aliphatic carbocycles. The molecule has 1 aliphatic heterocycles. The van der Waals surface area contributed by atoms with Crippen LogP contribution in [0.4, 0.5) is 5.69 Å². The van der Waals surface area contributed by atoms with Crippen LogP contribution in [0.3, 0.4) is 0 Å². The van der Waals surface area contributed by atoms with Gasteiger partial charge in [-0.3, -0.25) is 4.98 Å². The normalized spacial score (nSPS) is 23.2. The number of aliphatic hydroxyl groups excluding tert-OH is 1. The molecule has 1 aromatic heterocycles. The summed E-state index contributed by atoms with van der Waals surface area (Å²) in [5.41, 5.74) is 1.28. The smallest absolute Gasteiger partial charge is 0.0613 e. The topological polar surface area (TPSA) is 48.4 Å². The van der Waals surface area contributed by atoms with Gasteiger partial charge >= 0.3 is 0 Å². The van der Waals surface area contributed by atoms with Crippen molar-refractivity contribution in [3.05, 3.63) is 24.5 Å². The van der Waals surface area contributed by atoms with Crippen LogP contribution in [0.1, 0.15) is 44.9 Å². The van der Waals surface area contributed by atoms with E-state index in [0.717, 1.165) is 38.8 Å². The Morgan fingerprint density at radius 2 is 1.81 bits per heavy atom. The van der Waals surface area contributed by atoms with E-state index in [-0.39, 0.29) is 12.1 Å². The maximum atomic E-state index is 9.82. The number of hydrogen-bond acceptors (Lipinski definition) is 4. The fraction of sp³-hybridized carbons (Fsp3) is 0.706. The van der Waals surface area contributed by atoms with Crippen molar-refractivity contribution in [3.8, 4) is 0 Å². The predicted octanol–water partition coefficient (Wildman–Crippen LogP) is 2.34. The Morgan fingerprint density at radius 1 is 1.14 bits per heavy atom. The highest BCUT2D eigenvalue weighted by atomic mass is 16.3. The van der Waals surface area contributed by atoms with Gasteiger partial charge in [0.15, 0.2) is 0 Å². The van der Waals surface area contributed by atoms with Gasteiger partial charge in [0.05, 0.1) is 6.61 Å². The summed E-state index contributed by atoms with van der Waals surface area (Å²) in [5.74, 6) is 0. The lowest BCUT2D eigenvalue weighted by atomic mass is 9.81. The fourth-order valence-corrected chi connectivity index (χ4v) is 3.85. The van der Waals surface area contributed by atoms with Crippen LogP contribution in [0, 0.1) is 0 Å². The van der Waals surface area contributed by atoms with Crippen LogP contribution in [-0.2, 0) is 0 Å². The number of aromatic nitrogens is 1. The highest BCUT2D eigenvalue weighted by molar-refractivity contribution is 5.44. The number of aliphatic hydroxyl groups is 1. The highest BCUT2D eigenvalue weighted by Gasteiger charge is 2.34. The van der Waals surface area contributed by atoms with Gasteiger partial charge in [-0.2, -0.15) is 0 Å². The number of piperidine rings is 1. The quantitative estimate of drug-likeness (QED) is 0.893. The van der Waals surface area contributed by atoms with Crippen LogP contribution < -0.4 is 10.2 Å². The molecule has 2 N–H and O–H groups in total. The summed E-state index contributed by atoms with van der Waals surface area (Å²) in [7, 11) is 0. The van der Waals surface area contributed by atoms with Crippen LogP contribution >= 0.6 is 0 Å². The van der Waals surface area contributed by atoms with Crippen molar-refractivity contribution in [2.24, 2.45) is 0 Å². The number of hydrogen-bond donors (Lipinski definition) is 2. The first-order chi connectivity index (χ1) is 10.3. The van der Waals surface area contributed by atoms with Gasteiger partial charge < -0.3 is 15.3 Å². The van der Waals surface area contributed by atoms with Gasteiger partial charge in [-0.1, -0.05) is 19.3 Å². The maximum Gasteiger partial charge on any atom is 0.0613 e. The zero-order valence-corrected chi connectivity index (χ0v) is 12.8. The third-order valence-corrected chi connectivity index (χ3v) is 5.15. The second-order valence-corrected chi connectivity index (χ2v) is 6.61. The Hall–Kier alpha value is -1.13. The average molecular weight is 289 g/mol. The minimum absolute atomic E-state index is 0.00174. The van der Waals surface area contributed by atoms with Crippen LogP contribution in [-0.4, -0.2) is 41.4 Å². The highest BCUT2D eigenvalue weighted by Crippen LogP contribution is 2.30. The number of pyridine rings is 1. The van der Waals surface area contributed by atoms with Crippen molar-refractivity contribution in [1.29, 1.82) is 0 Å². The number of anilines is 1. The molecule has 0 bridgehead atoms. The van der Waals surface area contributed by atoms with Crippen molar-refractivity contribution in [2.45, 2.75) is 56.5 Å². The molecule has 2 fully saturated rings. The van der Waals surface area contributed by atoms with Crippen molar-refractivity contribution in [3.63, 3.8) is 0 Å². The van der Waals surface area contributed by atoms with Gasteiger partial charge in [0.1, 0.15) is 0 Å². The van der Waals surface area contributed by atoms with E-state index in [2.05, 4.69) is 27.3 Å². The third kappa shape index (κ3) is 3.55. The number of nitrogens with zero attached hydrogens (tertiary/aromatic N) is 2. The van der Waals surface area contributed by atoms with E-state index in [4.69, 9.17) is 0 Å². The Morgan fingerprint density at radius 3 is 2.43 bits per heavy atom. The van der Waals surface area contributed by atoms with E-state index in [9.17, 15) is 5.11 Å². The summed E-state index contributed by atoms with van der Waals surface area (Å²) in [4.78, 5) is 6.52. The minimum atomic E-state index is 0.00174. The average Bonchev–Trinajstić information content (AvgIpc) is 2.57. The molecule has 0 amide bonds. The standard InChI is InChI=1S/C17H27N3O/c21-14-17(8-2-1-3-9-17)19-15-6-12-20(13-7-15)16-4-10-18-11-5-16/h4-5,10-11,15,19,21H,1-3,6-9,12-14H2. The van der Waals surface area contributed by atoms with Gasteiger partial charge in [-0.05, 0) is 37.8 Å². The molecule has 0 spiro atoms. The zero-order chi connectivity index (χ0) is 14.5. The van der Waals surface area contributed by atoms with Gasteiger partial charge in [0.2, 0.25) is 0 Å². The monoisotopic (exact) mass is 289 g/mol. The molecule has 1 saturated heterocycles. The Bertz CT molecular complexity index is 423. The van der Waals surface area contributed by atoms with Crippen LogP contribution in [0.15, 0.2) is 24.5 Å². The van der Waals surface area contributed by atoms with E-state index >= 15 is 0 Å². The molecule has 2 heterocycles. The van der Waals surface area contributed by atoms with E-state index < -0.39 is 0 Å². The lowest BCUT2D eigenvalue weighted by Gasteiger charge is -2.43. The first-order valence-corrected chi connectivity index (χ1v) is 8.35. The molecule has 2 aliphatic rings. The van der Waals surface area contributed by atoms with Gasteiger partial charge in [-0.25, -0.2) is 0 Å². The maximum absolute atomic E-state index is 9.82. The molecule has 0 atom stereocenters. The molecule has 4 nitrogen and oxygen atoms in total. The van der Waals surface area contributed by atoms with Crippen molar-refractivity contribution in [2.75, 3.05) is 24.6 Å². The summed E-state index contributed by atoms with van der Waals surface area (Å²) < 4.78 is 0. The predicted molar refractivity (Wildman–Crippen MR) is 85.5 cm³/mol. The van der Waals surface area contributed by atoms with E-state index in [1.807, 2.05) is 12.4 Å². The second-order valence-electron chi connectivity index (χ2n) is 6.61. The molecule has 116 valence electrons. The van der Waals surface area contributed by atoms with E-state index in [1.54, 1.807) is 0 Å². The van der Waals surface area contributed by atoms with Crippen molar-refractivity contribution < 1.29 is 5.11 Å². The van der Waals surface area contributed by atoms with Crippen LogP contribution in [0.25, 0.3) is 0 Å². The largest absolute Gasteiger partial charge is 0.394 e. The summed E-state index contributed by atoms with van der Waals surface area (Å²) in [6.45, 7) is 2.46. The second kappa shape index (κ2) is 6.75. The van der Waals surface area contributed by atoms with Gasteiger partial charge in [0, 0.05) is 42.8 Å². The molecule has 1 saturated carbocycles. The fourth-order valence-electron chi connectivity index (χ4n) is 3.85.